The largest absolute Gasteiger partial charge is 0.487 e. The maximum atomic E-state index is 12.8. The van der Waals surface area contributed by atoms with Crippen molar-refractivity contribution < 1.29 is 19.0 Å². The second-order valence-electron chi connectivity index (χ2n) is 4.23. The summed E-state index contributed by atoms with van der Waals surface area (Å²) in [5, 5.41) is 13.0. The zero-order valence-electron chi connectivity index (χ0n) is 10.5. The Hall–Kier alpha value is -2.37. The molecule has 0 spiro atoms. The number of hydrogen-bond acceptors (Lipinski definition) is 3. The van der Waals surface area contributed by atoms with Gasteiger partial charge in [-0.2, -0.15) is 5.10 Å². The van der Waals surface area contributed by atoms with Gasteiger partial charge in [0.1, 0.15) is 5.82 Å². The van der Waals surface area contributed by atoms with Crippen LogP contribution in [-0.2, 0) is 0 Å². The van der Waals surface area contributed by atoms with E-state index in [2.05, 4.69) is 5.10 Å². The van der Waals surface area contributed by atoms with Gasteiger partial charge in [0.25, 0.3) is 0 Å². The molecule has 100 valence electrons. The molecule has 0 radical (unpaired) electrons. The van der Waals surface area contributed by atoms with Crippen LogP contribution in [-0.4, -0.2) is 27.0 Å². The van der Waals surface area contributed by atoms with E-state index in [0.717, 1.165) is 0 Å². The van der Waals surface area contributed by atoms with Crippen molar-refractivity contribution in [1.29, 1.82) is 0 Å². The molecule has 0 aliphatic carbocycles. The molecule has 2 aromatic rings. The molecular weight excluding hydrogens is 251 g/mol. The molecule has 6 heteroatoms. The van der Waals surface area contributed by atoms with Gasteiger partial charge in [-0.3, -0.25) is 0 Å². The van der Waals surface area contributed by atoms with Gasteiger partial charge in [-0.15, -0.1) is 0 Å². The van der Waals surface area contributed by atoms with Crippen LogP contribution in [0.25, 0.3) is 5.69 Å². The summed E-state index contributed by atoms with van der Waals surface area (Å²) >= 11 is 0. The summed E-state index contributed by atoms with van der Waals surface area (Å²) in [5.41, 5.74) is 0.389. The number of carboxylic acid groups (broad SMARTS) is 1. The number of rotatable bonds is 4. The normalized spacial score (nSPS) is 10.7. The van der Waals surface area contributed by atoms with E-state index in [1.807, 2.05) is 0 Å². The first-order valence-electron chi connectivity index (χ1n) is 5.73. The zero-order valence-corrected chi connectivity index (χ0v) is 10.5. The van der Waals surface area contributed by atoms with Gasteiger partial charge in [0, 0.05) is 0 Å². The average Bonchev–Trinajstić information content (AvgIpc) is 2.73. The van der Waals surface area contributed by atoms with Gasteiger partial charge in [0.05, 0.1) is 18.0 Å². The highest BCUT2D eigenvalue weighted by Gasteiger charge is 2.18. The molecule has 0 aliphatic rings. The summed E-state index contributed by atoms with van der Waals surface area (Å²) in [6, 6.07) is 5.57. The van der Waals surface area contributed by atoms with Crippen LogP contribution in [0.3, 0.4) is 0 Å². The van der Waals surface area contributed by atoms with E-state index in [4.69, 9.17) is 9.84 Å². The molecule has 0 bridgehead atoms. The molecule has 0 atom stereocenters. The minimum Gasteiger partial charge on any atom is -0.487 e. The third kappa shape index (κ3) is 2.90. The summed E-state index contributed by atoms with van der Waals surface area (Å²) in [4.78, 5) is 11.1. The number of hydrogen-bond donors (Lipinski definition) is 1. The lowest BCUT2D eigenvalue weighted by Gasteiger charge is -2.06. The van der Waals surface area contributed by atoms with Gasteiger partial charge < -0.3 is 9.84 Å². The lowest BCUT2D eigenvalue weighted by molar-refractivity contribution is 0.0683. The number of carboxylic acids is 1. The predicted molar refractivity (Wildman–Crippen MR) is 66.2 cm³/mol. The molecule has 1 N–H and O–H groups in total. The van der Waals surface area contributed by atoms with Crippen molar-refractivity contribution in [2.24, 2.45) is 0 Å². The highest BCUT2D eigenvalue weighted by molar-refractivity contribution is 5.88. The predicted octanol–water partition coefficient (Wildman–Crippen LogP) is 2.50. The van der Waals surface area contributed by atoms with Crippen molar-refractivity contribution in [3.8, 4) is 11.4 Å². The van der Waals surface area contributed by atoms with E-state index in [0.29, 0.717) is 5.69 Å². The Morgan fingerprint density at radius 2 is 2.00 bits per heavy atom. The Morgan fingerprint density at radius 3 is 2.53 bits per heavy atom. The van der Waals surface area contributed by atoms with E-state index in [1.165, 1.54) is 35.1 Å². The van der Waals surface area contributed by atoms with Gasteiger partial charge in [-0.05, 0) is 38.1 Å². The Kier molecular flexibility index (Phi) is 3.50. The van der Waals surface area contributed by atoms with Gasteiger partial charge in [0.2, 0.25) is 5.69 Å². The Balaban J connectivity index is 2.42. The van der Waals surface area contributed by atoms with Gasteiger partial charge in [-0.1, -0.05) is 0 Å². The summed E-state index contributed by atoms with van der Waals surface area (Å²) in [5.74, 6) is -1.35. The summed E-state index contributed by atoms with van der Waals surface area (Å²) in [6.45, 7) is 3.59. The molecule has 5 nitrogen and oxygen atoms in total. The smallest absolute Gasteiger partial charge is 0.360 e. The summed E-state index contributed by atoms with van der Waals surface area (Å²) in [6.07, 6.45) is 1.31. The second-order valence-corrected chi connectivity index (χ2v) is 4.23. The highest BCUT2D eigenvalue weighted by Crippen LogP contribution is 2.21. The Bertz CT molecular complexity index is 590. The first kappa shape index (κ1) is 13.1. The molecule has 1 aromatic heterocycles. The number of carbonyl (C=O) groups is 1. The fraction of sp³-hybridized carbons (Fsp3) is 0.231. The van der Waals surface area contributed by atoms with E-state index in [9.17, 15) is 9.18 Å². The van der Waals surface area contributed by atoms with Crippen LogP contribution >= 0.6 is 0 Å². The lowest BCUT2D eigenvalue weighted by atomic mass is 10.3. The van der Waals surface area contributed by atoms with Gasteiger partial charge >= 0.3 is 5.97 Å². The third-order valence-electron chi connectivity index (χ3n) is 2.34. The van der Waals surface area contributed by atoms with E-state index in [-0.39, 0.29) is 23.4 Å². The Labute approximate surface area is 109 Å². The van der Waals surface area contributed by atoms with Crippen molar-refractivity contribution >= 4 is 5.97 Å². The molecule has 19 heavy (non-hydrogen) atoms. The van der Waals surface area contributed by atoms with Crippen molar-refractivity contribution in [2.75, 3.05) is 0 Å². The summed E-state index contributed by atoms with van der Waals surface area (Å²) < 4.78 is 19.6. The van der Waals surface area contributed by atoms with Gasteiger partial charge in [-0.25, -0.2) is 13.9 Å². The Morgan fingerprint density at radius 1 is 1.37 bits per heavy atom. The number of nitrogens with zero attached hydrogens (tertiary/aromatic N) is 2. The molecule has 0 amide bonds. The molecule has 0 saturated carbocycles. The van der Waals surface area contributed by atoms with Crippen molar-refractivity contribution in [3.63, 3.8) is 0 Å². The minimum atomic E-state index is -1.17. The maximum absolute atomic E-state index is 12.8. The topological polar surface area (TPSA) is 64.4 Å². The SMILES string of the molecule is CC(C)Oc1cn(-c2ccc(F)cc2)nc1C(=O)O. The minimum absolute atomic E-state index is 0.163. The van der Waals surface area contributed by atoms with Crippen LogP contribution in [0.15, 0.2) is 30.5 Å². The van der Waals surface area contributed by atoms with Crippen molar-refractivity contribution in [2.45, 2.75) is 20.0 Å². The second kappa shape index (κ2) is 5.09. The first-order valence-corrected chi connectivity index (χ1v) is 5.73. The number of benzene rings is 1. The number of halogens is 1. The number of aromatic carboxylic acids is 1. The van der Waals surface area contributed by atoms with E-state index >= 15 is 0 Å². The van der Waals surface area contributed by atoms with Crippen LogP contribution in [0.5, 0.6) is 5.75 Å². The van der Waals surface area contributed by atoms with Crippen LogP contribution in [0, 0.1) is 5.82 Å². The molecular formula is C13H13FN2O3. The third-order valence-corrected chi connectivity index (χ3v) is 2.34. The fourth-order valence-corrected chi connectivity index (χ4v) is 1.57. The van der Waals surface area contributed by atoms with Crippen LogP contribution in [0.2, 0.25) is 0 Å². The quantitative estimate of drug-likeness (QED) is 0.921. The van der Waals surface area contributed by atoms with Crippen molar-refractivity contribution in [3.05, 3.63) is 42.0 Å². The van der Waals surface area contributed by atoms with Crippen LogP contribution < -0.4 is 4.74 Å². The molecule has 0 saturated heterocycles. The number of aromatic nitrogens is 2. The van der Waals surface area contributed by atoms with Crippen LogP contribution in [0.1, 0.15) is 24.3 Å². The monoisotopic (exact) mass is 264 g/mol. The zero-order chi connectivity index (χ0) is 14.0. The molecule has 0 fully saturated rings. The molecule has 0 unspecified atom stereocenters. The lowest BCUT2D eigenvalue weighted by Crippen LogP contribution is -2.08. The first-order chi connectivity index (χ1) is 8.97. The molecule has 0 aliphatic heterocycles. The molecule has 1 heterocycles. The molecule has 1 aromatic carbocycles. The fourth-order valence-electron chi connectivity index (χ4n) is 1.57. The molecule has 2 rings (SSSR count). The average molecular weight is 264 g/mol. The van der Waals surface area contributed by atoms with Gasteiger partial charge in [0.15, 0.2) is 5.75 Å². The number of ether oxygens (including phenoxy) is 1. The van der Waals surface area contributed by atoms with Crippen molar-refractivity contribution in [1.82, 2.24) is 9.78 Å². The van der Waals surface area contributed by atoms with E-state index in [1.54, 1.807) is 13.8 Å². The summed E-state index contributed by atoms with van der Waals surface area (Å²) in [7, 11) is 0. The maximum Gasteiger partial charge on any atom is 0.360 e. The van der Waals surface area contributed by atoms with Crippen LogP contribution in [0.4, 0.5) is 4.39 Å². The highest BCUT2D eigenvalue weighted by atomic mass is 19.1. The standard InChI is InChI=1S/C13H13FN2O3/c1-8(2)19-11-7-16(15-12(11)13(17)18)10-5-3-9(14)4-6-10/h3-8H,1-2H3,(H,17,18). The van der Waals surface area contributed by atoms with E-state index < -0.39 is 5.97 Å².